The Balaban J connectivity index is 2.41. The van der Waals surface area contributed by atoms with E-state index in [9.17, 15) is 4.79 Å². The predicted molar refractivity (Wildman–Crippen MR) is 55.8 cm³/mol. The molecule has 1 aliphatic rings. The van der Waals surface area contributed by atoms with E-state index in [-0.39, 0.29) is 11.9 Å². The molecule has 1 fully saturated rings. The van der Waals surface area contributed by atoms with E-state index < -0.39 is 5.60 Å². The highest BCUT2D eigenvalue weighted by Gasteiger charge is 2.28. The van der Waals surface area contributed by atoms with Crippen molar-refractivity contribution >= 4 is 5.97 Å². The fourth-order valence-electron chi connectivity index (χ4n) is 1.60. The summed E-state index contributed by atoms with van der Waals surface area (Å²) in [4.78, 5) is 13.4. The third-order valence-corrected chi connectivity index (χ3v) is 2.38. The van der Waals surface area contributed by atoms with Crippen LogP contribution in [0, 0.1) is 17.4 Å². The molecule has 0 aromatic carbocycles. The Labute approximate surface area is 90.8 Å². The van der Waals surface area contributed by atoms with E-state index in [4.69, 9.17) is 10.00 Å². The van der Waals surface area contributed by atoms with Gasteiger partial charge in [0, 0.05) is 13.1 Å². The first-order valence-electron chi connectivity index (χ1n) is 5.30. The van der Waals surface area contributed by atoms with Crippen molar-refractivity contribution in [2.24, 2.45) is 5.92 Å². The van der Waals surface area contributed by atoms with Crippen LogP contribution in [-0.2, 0) is 9.53 Å². The first-order chi connectivity index (χ1) is 6.92. The van der Waals surface area contributed by atoms with Gasteiger partial charge in [0.1, 0.15) is 5.60 Å². The Kier molecular flexibility index (Phi) is 3.57. The normalized spacial score (nSPS) is 18.4. The van der Waals surface area contributed by atoms with Gasteiger partial charge in [0.05, 0.1) is 5.92 Å². The number of likely N-dealkylation sites (tertiary alicyclic amines) is 1. The molecule has 0 spiro atoms. The number of hydrogen-bond donors (Lipinski definition) is 0. The maximum atomic E-state index is 11.7. The van der Waals surface area contributed by atoms with E-state index in [0.29, 0.717) is 13.1 Å². The first-order valence-corrected chi connectivity index (χ1v) is 5.30. The summed E-state index contributed by atoms with van der Waals surface area (Å²) in [5, 5.41) is 8.66. The quantitative estimate of drug-likeness (QED) is 0.486. The summed E-state index contributed by atoms with van der Waals surface area (Å²) in [5.41, 5.74) is -0.413. The maximum Gasteiger partial charge on any atom is 0.309 e. The number of carbonyl (C=O) groups is 1. The molecule has 4 heteroatoms. The summed E-state index contributed by atoms with van der Waals surface area (Å²) in [6, 6.07) is 0. The van der Waals surface area contributed by atoms with Gasteiger partial charge in [-0.3, -0.25) is 4.79 Å². The number of hydrogen-bond acceptors (Lipinski definition) is 4. The topological polar surface area (TPSA) is 53.3 Å². The maximum absolute atomic E-state index is 11.7. The molecular weight excluding hydrogens is 192 g/mol. The molecule has 0 bridgehead atoms. The van der Waals surface area contributed by atoms with Crippen LogP contribution in [0.2, 0.25) is 0 Å². The molecule has 0 radical (unpaired) electrons. The van der Waals surface area contributed by atoms with Gasteiger partial charge in [-0.1, -0.05) is 0 Å². The molecule has 0 aromatic heterocycles. The summed E-state index contributed by atoms with van der Waals surface area (Å²) in [7, 11) is 0. The zero-order chi connectivity index (χ0) is 11.5. The van der Waals surface area contributed by atoms with Crippen LogP contribution in [0.4, 0.5) is 0 Å². The Morgan fingerprint density at radius 1 is 1.40 bits per heavy atom. The van der Waals surface area contributed by atoms with Gasteiger partial charge >= 0.3 is 5.97 Å². The molecular formula is C11H18N2O2. The predicted octanol–water partition coefficient (Wildman–Crippen LogP) is 1.52. The summed E-state index contributed by atoms with van der Waals surface area (Å²) < 4.78 is 5.31. The number of rotatable bonds is 1. The highest BCUT2D eigenvalue weighted by atomic mass is 16.6. The van der Waals surface area contributed by atoms with Crippen LogP contribution in [0.5, 0.6) is 0 Å². The summed E-state index contributed by atoms with van der Waals surface area (Å²) in [5.74, 6) is -0.158. The number of ether oxygens (including phenoxy) is 1. The van der Waals surface area contributed by atoms with Crippen molar-refractivity contribution in [2.45, 2.75) is 39.2 Å². The molecule has 0 aromatic rings. The van der Waals surface area contributed by atoms with E-state index in [1.807, 2.05) is 20.8 Å². The van der Waals surface area contributed by atoms with Gasteiger partial charge in [0.15, 0.2) is 6.19 Å². The minimum atomic E-state index is -0.413. The molecule has 1 aliphatic heterocycles. The van der Waals surface area contributed by atoms with E-state index >= 15 is 0 Å². The second-order valence-corrected chi connectivity index (χ2v) is 4.89. The lowest BCUT2D eigenvalue weighted by molar-refractivity contribution is -0.161. The van der Waals surface area contributed by atoms with Gasteiger partial charge in [-0.25, -0.2) is 0 Å². The standard InChI is InChI=1S/C11H18N2O2/c1-11(2,3)15-10(14)9-4-6-13(8-12)7-5-9/h9H,4-7H2,1-3H3. The first kappa shape index (κ1) is 11.8. The van der Waals surface area contributed by atoms with Crippen LogP contribution in [0.15, 0.2) is 0 Å². The van der Waals surface area contributed by atoms with Crippen molar-refractivity contribution in [3.05, 3.63) is 0 Å². The average Bonchev–Trinajstić information content (AvgIpc) is 2.15. The average molecular weight is 210 g/mol. The Morgan fingerprint density at radius 2 is 1.93 bits per heavy atom. The van der Waals surface area contributed by atoms with Crippen LogP contribution in [-0.4, -0.2) is 29.6 Å². The molecule has 0 amide bonds. The molecule has 1 heterocycles. The zero-order valence-electron chi connectivity index (χ0n) is 9.62. The van der Waals surface area contributed by atoms with Crippen LogP contribution < -0.4 is 0 Å². The van der Waals surface area contributed by atoms with E-state index in [1.165, 1.54) is 0 Å². The fraction of sp³-hybridized carbons (Fsp3) is 0.818. The molecule has 0 atom stereocenters. The molecule has 0 N–H and O–H groups in total. The number of nitriles is 1. The third-order valence-electron chi connectivity index (χ3n) is 2.38. The molecule has 0 aliphatic carbocycles. The molecule has 0 saturated carbocycles. The summed E-state index contributed by atoms with van der Waals surface area (Å²) in [6.07, 6.45) is 3.54. The highest BCUT2D eigenvalue weighted by Crippen LogP contribution is 2.20. The second kappa shape index (κ2) is 4.52. The SMILES string of the molecule is CC(C)(C)OC(=O)C1CCN(C#N)CC1. The number of piperidine rings is 1. The second-order valence-electron chi connectivity index (χ2n) is 4.89. The van der Waals surface area contributed by atoms with Crippen LogP contribution in [0.25, 0.3) is 0 Å². The minimum absolute atomic E-state index is 0.0335. The summed E-state index contributed by atoms with van der Waals surface area (Å²) >= 11 is 0. The Bertz CT molecular complexity index is 267. The van der Waals surface area contributed by atoms with Gasteiger partial charge in [0.2, 0.25) is 0 Å². The monoisotopic (exact) mass is 210 g/mol. The van der Waals surface area contributed by atoms with E-state index in [2.05, 4.69) is 6.19 Å². The van der Waals surface area contributed by atoms with Crippen molar-refractivity contribution in [2.75, 3.05) is 13.1 Å². The molecule has 0 unspecified atom stereocenters. The lowest BCUT2D eigenvalue weighted by atomic mass is 9.97. The smallest absolute Gasteiger partial charge is 0.309 e. The van der Waals surface area contributed by atoms with E-state index in [1.54, 1.807) is 4.90 Å². The number of nitrogens with zero attached hydrogens (tertiary/aromatic N) is 2. The highest BCUT2D eigenvalue weighted by molar-refractivity contribution is 5.73. The van der Waals surface area contributed by atoms with Crippen LogP contribution in [0.3, 0.4) is 0 Å². The third kappa shape index (κ3) is 3.78. The molecule has 1 saturated heterocycles. The van der Waals surface area contributed by atoms with Gasteiger partial charge < -0.3 is 9.64 Å². The van der Waals surface area contributed by atoms with E-state index in [0.717, 1.165) is 12.8 Å². The Morgan fingerprint density at radius 3 is 2.33 bits per heavy atom. The molecule has 1 rings (SSSR count). The van der Waals surface area contributed by atoms with Crippen molar-refractivity contribution in [1.82, 2.24) is 4.90 Å². The molecule has 84 valence electrons. The van der Waals surface area contributed by atoms with Crippen LogP contribution >= 0.6 is 0 Å². The fourth-order valence-corrected chi connectivity index (χ4v) is 1.60. The summed E-state index contributed by atoms with van der Waals surface area (Å²) in [6.45, 7) is 6.95. The lowest BCUT2D eigenvalue weighted by Crippen LogP contribution is -2.36. The van der Waals surface area contributed by atoms with Crippen LogP contribution in [0.1, 0.15) is 33.6 Å². The number of carbonyl (C=O) groups excluding carboxylic acids is 1. The van der Waals surface area contributed by atoms with Crippen molar-refractivity contribution < 1.29 is 9.53 Å². The number of esters is 1. The Hall–Kier alpha value is -1.24. The lowest BCUT2D eigenvalue weighted by Gasteiger charge is -2.29. The van der Waals surface area contributed by atoms with Gasteiger partial charge in [-0.15, -0.1) is 0 Å². The van der Waals surface area contributed by atoms with Gasteiger partial charge in [-0.2, -0.15) is 5.26 Å². The molecule has 15 heavy (non-hydrogen) atoms. The molecule has 4 nitrogen and oxygen atoms in total. The minimum Gasteiger partial charge on any atom is -0.460 e. The zero-order valence-corrected chi connectivity index (χ0v) is 9.62. The van der Waals surface area contributed by atoms with Crippen molar-refractivity contribution in [3.8, 4) is 6.19 Å². The van der Waals surface area contributed by atoms with Crippen molar-refractivity contribution in [1.29, 1.82) is 5.26 Å². The van der Waals surface area contributed by atoms with Gasteiger partial charge in [0.25, 0.3) is 0 Å². The van der Waals surface area contributed by atoms with Crippen molar-refractivity contribution in [3.63, 3.8) is 0 Å². The van der Waals surface area contributed by atoms with Gasteiger partial charge in [-0.05, 0) is 33.6 Å². The largest absolute Gasteiger partial charge is 0.460 e.